The highest BCUT2D eigenvalue weighted by Gasteiger charge is 2.14. The SMILES string of the molecule is CCOC(=O)c1cncnc1Nc1ccc(CN2CCOCC2)cc1. The van der Waals surface area contributed by atoms with E-state index in [1.807, 2.05) is 12.1 Å². The molecular weight excluding hydrogens is 320 g/mol. The summed E-state index contributed by atoms with van der Waals surface area (Å²) >= 11 is 0. The largest absolute Gasteiger partial charge is 0.462 e. The molecule has 1 N–H and O–H groups in total. The Bertz CT molecular complexity index is 700. The van der Waals surface area contributed by atoms with Crippen LogP contribution in [0.1, 0.15) is 22.8 Å². The molecule has 0 radical (unpaired) electrons. The molecular formula is C18H22N4O3. The third kappa shape index (κ3) is 4.74. The molecule has 0 amide bonds. The van der Waals surface area contributed by atoms with E-state index in [0.29, 0.717) is 18.0 Å². The molecule has 0 spiro atoms. The van der Waals surface area contributed by atoms with Gasteiger partial charge in [0.25, 0.3) is 0 Å². The van der Waals surface area contributed by atoms with E-state index in [-0.39, 0.29) is 0 Å². The molecule has 2 heterocycles. The van der Waals surface area contributed by atoms with Crippen LogP contribution >= 0.6 is 0 Å². The van der Waals surface area contributed by atoms with Crippen LogP contribution in [-0.2, 0) is 16.0 Å². The Labute approximate surface area is 147 Å². The second kappa shape index (κ2) is 8.55. The zero-order valence-corrected chi connectivity index (χ0v) is 14.3. The van der Waals surface area contributed by atoms with Gasteiger partial charge in [-0.2, -0.15) is 0 Å². The van der Waals surface area contributed by atoms with E-state index in [1.54, 1.807) is 6.92 Å². The Balaban J connectivity index is 1.66. The van der Waals surface area contributed by atoms with Crippen molar-refractivity contribution in [2.75, 3.05) is 38.2 Å². The minimum absolute atomic E-state index is 0.309. The Morgan fingerprint density at radius 3 is 2.76 bits per heavy atom. The number of rotatable bonds is 6. The maximum absolute atomic E-state index is 12.0. The summed E-state index contributed by atoms with van der Waals surface area (Å²) in [5, 5.41) is 3.16. The van der Waals surface area contributed by atoms with Crippen molar-refractivity contribution >= 4 is 17.5 Å². The number of aromatic nitrogens is 2. The van der Waals surface area contributed by atoms with Crippen molar-refractivity contribution < 1.29 is 14.3 Å². The number of hydrogen-bond acceptors (Lipinski definition) is 7. The smallest absolute Gasteiger partial charge is 0.343 e. The molecule has 7 heteroatoms. The van der Waals surface area contributed by atoms with Crippen LogP contribution in [0.2, 0.25) is 0 Å². The van der Waals surface area contributed by atoms with Crippen LogP contribution in [0.25, 0.3) is 0 Å². The van der Waals surface area contributed by atoms with Gasteiger partial charge in [-0.1, -0.05) is 12.1 Å². The standard InChI is InChI=1S/C18H22N4O3/c1-2-25-18(23)16-11-19-13-20-17(16)21-15-5-3-14(4-6-15)12-22-7-9-24-10-8-22/h3-6,11,13H,2,7-10,12H2,1H3,(H,19,20,21). The molecule has 132 valence electrons. The second-order valence-corrected chi connectivity index (χ2v) is 5.72. The first-order valence-corrected chi connectivity index (χ1v) is 8.39. The number of anilines is 2. The quantitative estimate of drug-likeness (QED) is 0.807. The van der Waals surface area contributed by atoms with E-state index in [4.69, 9.17) is 9.47 Å². The van der Waals surface area contributed by atoms with Gasteiger partial charge in [0, 0.05) is 31.5 Å². The van der Waals surface area contributed by atoms with E-state index in [1.165, 1.54) is 18.1 Å². The van der Waals surface area contributed by atoms with E-state index in [0.717, 1.165) is 38.5 Å². The normalized spacial score (nSPS) is 14.9. The van der Waals surface area contributed by atoms with Gasteiger partial charge < -0.3 is 14.8 Å². The average molecular weight is 342 g/mol. The molecule has 0 aliphatic carbocycles. The maximum Gasteiger partial charge on any atom is 0.343 e. The van der Waals surface area contributed by atoms with Crippen molar-refractivity contribution in [1.82, 2.24) is 14.9 Å². The van der Waals surface area contributed by atoms with Crippen molar-refractivity contribution in [1.29, 1.82) is 0 Å². The van der Waals surface area contributed by atoms with E-state index in [9.17, 15) is 4.79 Å². The molecule has 1 aromatic heterocycles. The van der Waals surface area contributed by atoms with Crippen molar-refractivity contribution in [2.45, 2.75) is 13.5 Å². The van der Waals surface area contributed by atoms with Crippen LogP contribution in [0.3, 0.4) is 0 Å². The number of nitrogens with one attached hydrogen (secondary N) is 1. The van der Waals surface area contributed by atoms with Gasteiger partial charge in [-0.15, -0.1) is 0 Å². The topological polar surface area (TPSA) is 76.6 Å². The predicted molar refractivity (Wildman–Crippen MR) is 93.8 cm³/mol. The highest BCUT2D eigenvalue weighted by Crippen LogP contribution is 2.19. The lowest BCUT2D eigenvalue weighted by molar-refractivity contribution is 0.0342. The van der Waals surface area contributed by atoms with Gasteiger partial charge in [-0.25, -0.2) is 14.8 Å². The molecule has 3 rings (SSSR count). The maximum atomic E-state index is 12.0. The first-order valence-electron chi connectivity index (χ1n) is 8.39. The van der Waals surface area contributed by atoms with Crippen molar-refractivity contribution in [3.8, 4) is 0 Å². The highest BCUT2D eigenvalue weighted by molar-refractivity contribution is 5.95. The van der Waals surface area contributed by atoms with Crippen molar-refractivity contribution in [3.63, 3.8) is 0 Å². The molecule has 0 bridgehead atoms. The summed E-state index contributed by atoms with van der Waals surface area (Å²) in [5.41, 5.74) is 2.41. The summed E-state index contributed by atoms with van der Waals surface area (Å²) in [6.45, 7) is 6.50. The number of ether oxygens (including phenoxy) is 2. The van der Waals surface area contributed by atoms with Crippen LogP contribution in [-0.4, -0.2) is 53.7 Å². The Kier molecular flexibility index (Phi) is 5.92. The number of hydrogen-bond donors (Lipinski definition) is 1. The number of benzene rings is 1. The third-order valence-corrected chi connectivity index (χ3v) is 3.93. The summed E-state index contributed by atoms with van der Waals surface area (Å²) in [5.74, 6) is 0.00363. The lowest BCUT2D eigenvalue weighted by atomic mass is 10.2. The molecule has 1 fully saturated rings. The summed E-state index contributed by atoms with van der Waals surface area (Å²) in [6, 6.07) is 8.10. The summed E-state index contributed by atoms with van der Waals surface area (Å²) in [7, 11) is 0. The van der Waals surface area contributed by atoms with Crippen LogP contribution in [0, 0.1) is 0 Å². The summed E-state index contributed by atoms with van der Waals surface area (Å²) in [6.07, 6.45) is 2.86. The fourth-order valence-electron chi connectivity index (χ4n) is 2.64. The van der Waals surface area contributed by atoms with Crippen LogP contribution < -0.4 is 5.32 Å². The van der Waals surface area contributed by atoms with Gasteiger partial charge in [-0.05, 0) is 24.6 Å². The first kappa shape index (κ1) is 17.3. The Morgan fingerprint density at radius 1 is 1.28 bits per heavy atom. The van der Waals surface area contributed by atoms with Gasteiger partial charge >= 0.3 is 5.97 Å². The highest BCUT2D eigenvalue weighted by atomic mass is 16.5. The molecule has 0 unspecified atom stereocenters. The molecule has 1 saturated heterocycles. The lowest BCUT2D eigenvalue weighted by Gasteiger charge is -2.26. The van der Waals surface area contributed by atoms with E-state index < -0.39 is 5.97 Å². The minimum atomic E-state index is -0.436. The average Bonchev–Trinajstić information content (AvgIpc) is 2.65. The molecule has 1 aromatic carbocycles. The molecule has 0 atom stereocenters. The van der Waals surface area contributed by atoms with Gasteiger partial charge in [0.2, 0.25) is 0 Å². The monoisotopic (exact) mass is 342 g/mol. The van der Waals surface area contributed by atoms with Gasteiger partial charge in [0.15, 0.2) is 0 Å². The number of nitrogens with zero attached hydrogens (tertiary/aromatic N) is 3. The van der Waals surface area contributed by atoms with Crippen molar-refractivity contribution in [2.24, 2.45) is 0 Å². The zero-order chi connectivity index (χ0) is 17.5. The number of carbonyl (C=O) groups is 1. The van der Waals surface area contributed by atoms with Crippen LogP contribution in [0.15, 0.2) is 36.8 Å². The molecule has 0 saturated carbocycles. The first-order chi connectivity index (χ1) is 12.3. The van der Waals surface area contributed by atoms with Gasteiger partial charge in [-0.3, -0.25) is 4.90 Å². The Hall–Kier alpha value is -2.51. The van der Waals surface area contributed by atoms with E-state index in [2.05, 4.69) is 32.3 Å². The summed E-state index contributed by atoms with van der Waals surface area (Å²) < 4.78 is 10.4. The third-order valence-electron chi connectivity index (χ3n) is 3.93. The molecule has 25 heavy (non-hydrogen) atoms. The second-order valence-electron chi connectivity index (χ2n) is 5.72. The van der Waals surface area contributed by atoms with Gasteiger partial charge in [0.1, 0.15) is 17.7 Å². The molecule has 2 aromatic rings. The lowest BCUT2D eigenvalue weighted by Crippen LogP contribution is -2.35. The van der Waals surface area contributed by atoms with Crippen LogP contribution in [0.4, 0.5) is 11.5 Å². The molecule has 7 nitrogen and oxygen atoms in total. The van der Waals surface area contributed by atoms with Crippen molar-refractivity contribution in [3.05, 3.63) is 47.9 Å². The Morgan fingerprint density at radius 2 is 2.04 bits per heavy atom. The molecule has 1 aliphatic heterocycles. The summed E-state index contributed by atoms with van der Waals surface area (Å²) in [4.78, 5) is 22.4. The number of morpholine rings is 1. The zero-order valence-electron chi connectivity index (χ0n) is 14.3. The fraction of sp³-hybridized carbons (Fsp3) is 0.389. The van der Waals surface area contributed by atoms with Gasteiger partial charge in [0.05, 0.1) is 19.8 Å². The predicted octanol–water partition coefficient (Wildman–Crippen LogP) is 2.23. The number of carbonyl (C=O) groups excluding carboxylic acids is 1. The fourth-order valence-corrected chi connectivity index (χ4v) is 2.64. The minimum Gasteiger partial charge on any atom is -0.462 e. The van der Waals surface area contributed by atoms with E-state index >= 15 is 0 Å². The van der Waals surface area contributed by atoms with Crippen LogP contribution in [0.5, 0.6) is 0 Å². The number of esters is 1. The molecule has 1 aliphatic rings.